The van der Waals surface area contributed by atoms with Crippen LogP contribution in [0.25, 0.3) is 0 Å². The van der Waals surface area contributed by atoms with Crippen LogP contribution in [-0.2, 0) is 0 Å². The summed E-state index contributed by atoms with van der Waals surface area (Å²) >= 11 is 0. The molecule has 0 heterocycles. The molecule has 10 N–H and O–H groups in total. The summed E-state index contributed by atoms with van der Waals surface area (Å²) in [5.41, 5.74) is 19.8. The van der Waals surface area contributed by atoms with Gasteiger partial charge in [0.05, 0.1) is 9.85 Å². The number of benzene rings is 2. The molecule has 24 heavy (non-hydrogen) atoms. The number of nitrogens with two attached hydrogens (primary N) is 2. The molecule has 0 atom stereocenters. The van der Waals surface area contributed by atoms with Crippen LogP contribution in [0.3, 0.4) is 0 Å². The maximum Gasteiger partial charge on any atom is 0.271 e. The second-order valence-electron chi connectivity index (χ2n) is 4.28. The number of anilines is 2. The summed E-state index contributed by atoms with van der Waals surface area (Å²) < 4.78 is 0. The van der Waals surface area contributed by atoms with Crippen LogP contribution in [0.5, 0.6) is 0 Å². The van der Waals surface area contributed by atoms with Crippen LogP contribution >= 0.6 is 0 Å². The van der Waals surface area contributed by atoms with E-state index in [1.807, 2.05) is 0 Å². The number of halogens is 2. The fourth-order valence-electron chi connectivity index (χ4n) is 1.39. The molecule has 0 aliphatic heterocycles. The molecule has 10 nitrogen and oxygen atoms in total. The number of nitrogen functional groups attached to an aromatic ring is 2. The molecule has 0 saturated carbocycles. The van der Waals surface area contributed by atoms with E-state index >= 15 is 0 Å². The SMILES string of the molecule is Nc1cc([N+](=O)[O-])ccc1[NH3+].Nc1cc([N+](=O)[O-])ccc1[NH3+].[Cl-].[Cl-]. The fraction of sp³-hybridized carbons (Fsp3) is 0. The number of hydrogen-bond donors (Lipinski definition) is 4. The third-order valence-electron chi connectivity index (χ3n) is 2.68. The predicted octanol–water partition coefficient (Wildman–Crippen LogP) is -5.89. The Morgan fingerprint density at radius 2 is 1.04 bits per heavy atom. The topological polar surface area (TPSA) is 194 Å². The highest BCUT2D eigenvalue weighted by Crippen LogP contribution is 2.20. The van der Waals surface area contributed by atoms with Crippen LogP contribution in [0.1, 0.15) is 0 Å². The lowest BCUT2D eigenvalue weighted by Crippen LogP contribution is -3.00. The Bertz CT molecular complexity index is 667. The van der Waals surface area contributed by atoms with Crippen molar-refractivity contribution in [2.24, 2.45) is 0 Å². The van der Waals surface area contributed by atoms with Gasteiger partial charge in [-0.25, -0.2) is 0 Å². The summed E-state index contributed by atoms with van der Waals surface area (Å²) in [4.78, 5) is 19.4. The van der Waals surface area contributed by atoms with E-state index in [1.54, 1.807) is 0 Å². The number of quaternary nitrogens is 2. The first-order valence-corrected chi connectivity index (χ1v) is 5.94. The predicted molar refractivity (Wildman–Crippen MR) is 80.1 cm³/mol. The zero-order chi connectivity index (χ0) is 16.9. The number of hydrogen-bond acceptors (Lipinski definition) is 6. The minimum Gasteiger partial charge on any atom is -1.00 e. The molecule has 0 aliphatic carbocycles. The smallest absolute Gasteiger partial charge is 0.271 e. The molecular weight excluding hydrogens is 363 g/mol. The van der Waals surface area contributed by atoms with Gasteiger partial charge in [0.1, 0.15) is 11.4 Å². The number of nitro groups is 2. The van der Waals surface area contributed by atoms with Crippen molar-refractivity contribution in [3.05, 3.63) is 56.6 Å². The minimum atomic E-state index is -0.490. The van der Waals surface area contributed by atoms with Gasteiger partial charge in [0.25, 0.3) is 11.4 Å². The quantitative estimate of drug-likeness (QED) is 0.228. The maximum absolute atomic E-state index is 10.2. The first-order valence-electron chi connectivity index (χ1n) is 5.94. The molecule has 0 bridgehead atoms. The van der Waals surface area contributed by atoms with Gasteiger partial charge < -0.3 is 47.7 Å². The molecule has 12 heteroatoms. The van der Waals surface area contributed by atoms with Crippen LogP contribution in [0.4, 0.5) is 34.1 Å². The summed E-state index contributed by atoms with van der Waals surface area (Å²) in [5, 5.41) is 20.4. The zero-order valence-electron chi connectivity index (χ0n) is 12.3. The summed E-state index contributed by atoms with van der Waals surface area (Å²) in [6, 6.07) is 8.38. The molecule has 0 amide bonds. The third-order valence-corrected chi connectivity index (χ3v) is 2.68. The van der Waals surface area contributed by atoms with Crippen molar-refractivity contribution in [1.82, 2.24) is 0 Å². The van der Waals surface area contributed by atoms with Crippen molar-refractivity contribution in [1.29, 1.82) is 0 Å². The van der Waals surface area contributed by atoms with Crippen LogP contribution in [0, 0.1) is 20.2 Å². The molecular formula is C12H16Cl2N6O4. The molecule has 0 radical (unpaired) electrons. The number of rotatable bonds is 2. The lowest BCUT2D eigenvalue weighted by molar-refractivity contribution is -0.385. The van der Waals surface area contributed by atoms with E-state index in [9.17, 15) is 20.2 Å². The van der Waals surface area contributed by atoms with E-state index < -0.39 is 9.85 Å². The Kier molecular flexibility index (Phi) is 10.0. The molecule has 2 aromatic rings. The highest BCUT2D eigenvalue weighted by molar-refractivity contribution is 5.62. The minimum absolute atomic E-state index is 0. The average Bonchev–Trinajstić information content (AvgIpc) is 2.45. The Balaban J connectivity index is 0. The van der Waals surface area contributed by atoms with E-state index in [4.69, 9.17) is 11.5 Å². The van der Waals surface area contributed by atoms with Gasteiger partial charge in [-0.1, -0.05) is 0 Å². The van der Waals surface area contributed by atoms with Crippen molar-refractivity contribution >= 4 is 34.1 Å². The largest absolute Gasteiger partial charge is 1.00 e. The van der Waals surface area contributed by atoms with Crippen LogP contribution in [-0.4, -0.2) is 9.85 Å². The van der Waals surface area contributed by atoms with Gasteiger partial charge in [-0.05, 0) is 0 Å². The number of non-ortho nitro benzene ring substituents is 2. The van der Waals surface area contributed by atoms with Crippen LogP contribution in [0.15, 0.2) is 36.4 Å². The molecule has 0 aliphatic rings. The fourth-order valence-corrected chi connectivity index (χ4v) is 1.39. The van der Waals surface area contributed by atoms with Crippen molar-refractivity contribution in [2.75, 3.05) is 11.5 Å². The van der Waals surface area contributed by atoms with Crippen molar-refractivity contribution in [2.45, 2.75) is 0 Å². The number of nitro benzene ring substituents is 2. The normalized spacial score (nSPS) is 8.75. The van der Waals surface area contributed by atoms with E-state index in [0.717, 1.165) is 0 Å². The van der Waals surface area contributed by atoms with Crippen LogP contribution in [0.2, 0.25) is 0 Å². The van der Waals surface area contributed by atoms with Crippen molar-refractivity contribution in [3.8, 4) is 0 Å². The zero-order valence-corrected chi connectivity index (χ0v) is 13.8. The maximum atomic E-state index is 10.2. The van der Waals surface area contributed by atoms with E-state index in [2.05, 4.69) is 11.5 Å². The summed E-state index contributed by atoms with van der Waals surface area (Å²) in [6.45, 7) is 0. The summed E-state index contributed by atoms with van der Waals surface area (Å²) in [5.74, 6) is 0. The Morgan fingerprint density at radius 3 is 1.25 bits per heavy atom. The van der Waals surface area contributed by atoms with Gasteiger partial charge in [-0.3, -0.25) is 20.2 Å². The van der Waals surface area contributed by atoms with Gasteiger partial charge >= 0.3 is 0 Å². The van der Waals surface area contributed by atoms with E-state index in [1.165, 1.54) is 36.4 Å². The molecule has 0 unspecified atom stereocenters. The first-order chi connectivity index (χ1) is 10.2. The highest BCUT2D eigenvalue weighted by Gasteiger charge is 2.08. The third kappa shape index (κ3) is 6.62. The van der Waals surface area contributed by atoms with Gasteiger partial charge in [0.15, 0.2) is 11.4 Å². The molecule has 132 valence electrons. The molecule has 0 spiro atoms. The molecule has 0 fully saturated rings. The van der Waals surface area contributed by atoms with E-state index in [-0.39, 0.29) is 36.2 Å². The molecule has 2 aromatic carbocycles. The highest BCUT2D eigenvalue weighted by atomic mass is 35.5. The Labute approximate surface area is 148 Å². The molecule has 2 rings (SSSR count). The second-order valence-corrected chi connectivity index (χ2v) is 4.28. The van der Waals surface area contributed by atoms with Crippen molar-refractivity contribution in [3.63, 3.8) is 0 Å². The van der Waals surface area contributed by atoms with Gasteiger partial charge in [0, 0.05) is 36.4 Å². The summed E-state index contributed by atoms with van der Waals surface area (Å²) in [6.07, 6.45) is 0. The standard InChI is InChI=1S/2C6H7N3O2.2ClH/c2*7-5-2-1-4(9(10)11)3-6(5)8;;/h2*1-3H,7-8H2;2*1H. The van der Waals surface area contributed by atoms with E-state index in [0.29, 0.717) is 22.7 Å². The van der Waals surface area contributed by atoms with Crippen LogP contribution < -0.4 is 47.7 Å². The lowest BCUT2D eigenvalue weighted by Gasteiger charge is -1.94. The van der Waals surface area contributed by atoms with Crippen molar-refractivity contribution < 1.29 is 46.1 Å². The number of nitrogens with zero attached hydrogens (tertiary/aromatic N) is 2. The summed E-state index contributed by atoms with van der Waals surface area (Å²) in [7, 11) is 0. The van der Waals surface area contributed by atoms with Gasteiger partial charge in [0.2, 0.25) is 0 Å². The van der Waals surface area contributed by atoms with Gasteiger partial charge in [-0.2, -0.15) is 0 Å². The Morgan fingerprint density at radius 1 is 0.750 bits per heavy atom. The monoisotopic (exact) mass is 378 g/mol. The van der Waals surface area contributed by atoms with Gasteiger partial charge in [-0.15, -0.1) is 0 Å². The molecule has 0 saturated heterocycles. The molecule has 0 aromatic heterocycles. The first kappa shape index (κ1) is 23.6. The lowest BCUT2D eigenvalue weighted by atomic mass is 10.2. The average molecular weight is 379 g/mol. The second kappa shape index (κ2) is 10.2. The Hall–Kier alpha value is -2.66.